The lowest BCUT2D eigenvalue weighted by atomic mass is 10.2. The third kappa shape index (κ3) is 4.95. The van der Waals surface area contributed by atoms with E-state index in [-0.39, 0.29) is 24.6 Å². The monoisotopic (exact) mass is 451 g/mol. The second-order valence-corrected chi connectivity index (χ2v) is 6.98. The van der Waals surface area contributed by atoms with Crippen LogP contribution in [0.4, 0.5) is 5.82 Å². The van der Waals surface area contributed by atoms with Crippen molar-refractivity contribution in [3.63, 3.8) is 0 Å². The average molecular weight is 453 g/mol. The number of anilines is 1. The van der Waals surface area contributed by atoms with Crippen molar-refractivity contribution >= 4 is 45.2 Å². The van der Waals surface area contributed by atoms with Gasteiger partial charge in [0.2, 0.25) is 5.91 Å². The first-order chi connectivity index (χ1) is 12.9. The van der Waals surface area contributed by atoms with Gasteiger partial charge >= 0.3 is 5.97 Å². The Bertz CT molecular complexity index is 967. The zero-order chi connectivity index (χ0) is 19.4. The van der Waals surface area contributed by atoms with Gasteiger partial charge in [0.1, 0.15) is 5.69 Å². The van der Waals surface area contributed by atoms with Crippen LogP contribution in [0.15, 0.2) is 47.2 Å². The summed E-state index contributed by atoms with van der Waals surface area (Å²) in [6, 6.07) is 8.80. The standard InChI is InChI=1S/C17H15BrClN5O3/c18-13-10-23(9-11-1-3-12(19)4-2-11)22-16(13)21-15(25)6-8-24-14(17(26)27)5-7-20-24/h1-5,7,10H,6,8-9H2,(H,26,27)(H,21,22,25). The van der Waals surface area contributed by atoms with Crippen LogP contribution in [0.3, 0.4) is 0 Å². The molecule has 27 heavy (non-hydrogen) atoms. The number of aromatic nitrogens is 4. The predicted octanol–water partition coefficient (Wildman–Crippen LogP) is 3.27. The molecular formula is C17H15BrClN5O3. The number of rotatable bonds is 7. The van der Waals surface area contributed by atoms with Gasteiger partial charge in [-0.25, -0.2) is 4.79 Å². The van der Waals surface area contributed by atoms with Crippen LogP contribution < -0.4 is 5.32 Å². The lowest BCUT2D eigenvalue weighted by Gasteiger charge is -2.05. The van der Waals surface area contributed by atoms with E-state index < -0.39 is 5.97 Å². The molecule has 2 N–H and O–H groups in total. The van der Waals surface area contributed by atoms with E-state index in [1.165, 1.54) is 16.9 Å². The molecule has 0 radical (unpaired) electrons. The van der Waals surface area contributed by atoms with E-state index in [1.54, 1.807) is 23.0 Å². The summed E-state index contributed by atoms with van der Waals surface area (Å²) in [5.41, 5.74) is 1.06. The number of benzene rings is 1. The van der Waals surface area contributed by atoms with Gasteiger partial charge in [-0.3, -0.25) is 14.2 Å². The van der Waals surface area contributed by atoms with Crippen LogP contribution in [0.25, 0.3) is 0 Å². The molecule has 10 heteroatoms. The van der Waals surface area contributed by atoms with Crippen LogP contribution in [0.1, 0.15) is 22.5 Å². The molecule has 0 aliphatic carbocycles. The Labute approximate surface area is 167 Å². The summed E-state index contributed by atoms with van der Waals surface area (Å²) < 4.78 is 3.62. The quantitative estimate of drug-likeness (QED) is 0.573. The van der Waals surface area contributed by atoms with Gasteiger partial charge < -0.3 is 10.4 Å². The third-order valence-electron chi connectivity index (χ3n) is 3.72. The Hall–Kier alpha value is -2.65. The maximum absolute atomic E-state index is 12.2. The zero-order valence-corrected chi connectivity index (χ0v) is 16.3. The number of nitrogens with one attached hydrogen (secondary N) is 1. The molecule has 0 atom stereocenters. The number of carboxylic acids is 1. The third-order valence-corrected chi connectivity index (χ3v) is 4.55. The molecule has 140 valence electrons. The van der Waals surface area contributed by atoms with Gasteiger partial charge in [0.15, 0.2) is 5.82 Å². The fourth-order valence-corrected chi connectivity index (χ4v) is 2.97. The molecule has 0 aliphatic rings. The van der Waals surface area contributed by atoms with Crippen molar-refractivity contribution in [2.75, 3.05) is 5.32 Å². The van der Waals surface area contributed by atoms with Gasteiger partial charge in [-0.2, -0.15) is 10.2 Å². The van der Waals surface area contributed by atoms with Gasteiger partial charge in [0.25, 0.3) is 0 Å². The zero-order valence-electron chi connectivity index (χ0n) is 14.0. The summed E-state index contributed by atoms with van der Waals surface area (Å²) in [4.78, 5) is 23.2. The lowest BCUT2D eigenvalue weighted by Crippen LogP contribution is -2.18. The molecule has 0 saturated heterocycles. The average Bonchev–Trinajstić information content (AvgIpc) is 3.22. The topological polar surface area (TPSA) is 102 Å². The molecule has 3 aromatic rings. The molecule has 0 aliphatic heterocycles. The van der Waals surface area contributed by atoms with Crippen molar-refractivity contribution in [3.8, 4) is 0 Å². The fourth-order valence-electron chi connectivity index (χ4n) is 2.43. The van der Waals surface area contributed by atoms with Crippen molar-refractivity contribution in [2.24, 2.45) is 0 Å². The van der Waals surface area contributed by atoms with Gasteiger partial charge in [-0.1, -0.05) is 23.7 Å². The second kappa shape index (κ2) is 8.36. The highest BCUT2D eigenvalue weighted by Gasteiger charge is 2.14. The van der Waals surface area contributed by atoms with Crippen LogP contribution in [0, 0.1) is 0 Å². The van der Waals surface area contributed by atoms with Crippen LogP contribution in [0.2, 0.25) is 5.02 Å². The number of carbonyl (C=O) groups is 2. The van der Waals surface area contributed by atoms with E-state index >= 15 is 0 Å². The van der Waals surface area contributed by atoms with Crippen molar-refractivity contribution in [3.05, 3.63) is 63.5 Å². The Kier molecular flexibility index (Phi) is 5.92. The maximum Gasteiger partial charge on any atom is 0.354 e. The van der Waals surface area contributed by atoms with Crippen molar-refractivity contribution < 1.29 is 14.7 Å². The molecule has 0 spiro atoms. The number of hydrogen-bond acceptors (Lipinski definition) is 4. The number of halogens is 2. The van der Waals surface area contributed by atoms with Gasteiger partial charge in [0, 0.05) is 23.8 Å². The first kappa shape index (κ1) is 19.1. The van der Waals surface area contributed by atoms with E-state index in [0.29, 0.717) is 21.9 Å². The summed E-state index contributed by atoms with van der Waals surface area (Å²) in [7, 11) is 0. The number of carbonyl (C=O) groups excluding carboxylic acids is 1. The largest absolute Gasteiger partial charge is 0.477 e. The lowest BCUT2D eigenvalue weighted by molar-refractivity contribution is -0.116. The van der Waals surface area contributed by atoms with E-state index in [0.717, 1.165) is 5.56 Å². The van der Waals surface area contributed by atoms with Gasteiger partial charge in [-0.15, -0.1) is 0 Å². The maximum atomic E-state index is 12.2. The number of aryl methyl sites for hydroxylation is 1. The number of amides is 1. The summed E-state index contributed by atoms with van der Waals surface area (Å²) in [5.74, 6) is -0.983. The van der Waals surface area contributed by atoms with Crippen LogP contribution in [-0.4, -0.2) is 36.5 Å². The second-order valence-electron chi connectivity index (χ2n) is 5.69. The highest BCUT2D eigenvalue weighted by Crippen LogP contribution is 2.21. The van der Waals surface area contributed by atoms with Crippen molar-refractivity contribution in [1.29, 1.82) is 0 Å². The summed E-state index contributed by atoms with van der Waals surface area (Å²) >= 11 is 9.26. The first-order valence-electron chi connectivity index (χ1n) is 7.95. The fraction of sp³-hybridized carbons (Fsp3) is 0.176. The molecule has 1 aromatic carbocycles. The van der Waals surface area contributed by atoms with E-state index in [4.69, 9.17) is 16.7 Å². The molecule has 8 nitrogen and oxygen atoms in total. The number of carboxylic acid groups (broad SMARTS) is 1. The SMILES string of the molecule is O=C(CCn1nccc1C(=O)O)Nc1nn(Cc2ccc(Cl)cc2)cc1Br. The van der Waals surface area contributed by atoms with Crippen LogP contribution in [0.5, 0.6) is 0 Å². The number of hydrogen-bond donors (Lipinski definition) is 2. The molecule has 1 amide bonds. The van der Waals surface area contributed by atoms with E-state index in [1.807, 2.05) is 12.1 Å². The number of nitrogens with zero attached hydrogens (tertiary/aromatic N) is 4. The van der Waals surface area contributed by atoms with Crippen LogP contribution in [-0.2, 0) is 17.9 Å². The Morgan fingerprint density at radius 1 is 1.22 bits per heavy atom. The molecular weight excluding hydrogens is 438 g/mol. The molecule has 0 saturated carbocycles. The molecule has 3 rings (SSSR count). The Morgan fingerprint density at radius 3 is 2.67 bits per heavy atom. The minimum absolute atomic E-state index is 0.0382. The highest BCUT2D eigenvalue weighted by atomic mass is 79.9. The normalized spacial score (nSPS) is 10.7. The minimum atomic E-state index is -1.09. The van der Waals surface area contributed by atoms with Gasteiger partial charge in [-0.05, 0) is 39.7 Å². The van der Waals surface area contributed by atoms with Crippen molar-refractivity contribution in [2.45, 2.75) is 19.5 Å². The number of aromatic carboxylic acids is 1. The predicted molar refractivity (Wildman–Crippen MR) is 103 cm³/mol. The molecule has 0 bridgehead atoms. The van der Waals surface area contributed by atoms with Crippen molar-refractivity contribution in [1.82, 2.24) is 19.6 Å². The summed E-state index contributed by atoms with van der Waals surface area (Å²) in [6.45, 7) is 0.685. The first-order valence-corrected chi connectivity index (χ1v) is 9.12. The molecule has 2 aromatic heterocycles. The van der Waals surface area contributed by atoms with Gasteiger partial charge in [0.05, 0.1) is 17.6 Å². The smallest absolute Gasteiger partial charge is 0.354 e. The van der Waals surface area contributed by atoms with E-state index in [2.05, 4.69) is 31.4 Å². The Morgan fingerprint density at radius 2 is 1.96 bits per heavy atom. The highest BCUT2D eigenvalue weighted by molar-refractivity contribution is 9.10. The summed E-state index contributed by atoms with van der Waals surface area (Å²) in [6.07, 6.45) is 3.22. The molecule has 2 heterocycles. The van der Waals surface area contributed by atoms with E-state index in [9.17, 15) is 9.59 Å². The Balaban J connectivity index is 1.59. The van der Waals surface area contributed by atoms with Crippen LogP contribution >= 0.6 is 27.5 Å². The minimum Gasteiger partial charge on any atom is -0.477 e. The molecule has 0 fully saturated rings. The molecule has 0 unspecified atom stereocenters. The summed E-state index contributed by atoms with van der Waals surface area (Å²) in [5, 5.41) is 20.7.